The molecule has 0 aliphatic carbocycles. The zero-order valence-corrected chi connectivity index (χ0v) is 5.53. The second kappa shape index (κ2) is 2.52. The lowest BCUT2D eigenvalue weighted by molar-refractivity contribution is 0.0690. The number of aromatic nitrogens is 1. The molecule has 3 nitrogen and oxygen atoms in total. The van der Waals surface area contributed by atoms with Crippen molar-refractivity contribution >= 4 is 19.3 Å². The Labute approximate surface area is 59.1 Å². The van der Waals surface area contributed by atoms with Gasteiger partial charge in [-0.3, -0.25) is 0 Å². The minimum atomic E-state index is -0.983. The van der Waals surface area contributed by atoms with E-state index in [0.29, 0.717) is 0 Å². The Hall–Kier alpha value is -1.32. The van der Waals surface area contributed by atoms with Crippen LogP contribution in [0.25, 0.3) is 0 Å². The lowest BCUT2D eigenvalue weighted by Gasteiger charge is -1.92. The molecule has 0 fully saturated rings. The van der Waals surface area contributed by atoms with E-state index in [4.69, 9.17) is 5.11 Å². The summed E-state index contributed by atoms with van der Waals surface area (Å²) in [6.45, 7) is 0. The summed E-state index contributed by atoms with van der Waals surface area (Å²) in [5.74, 6) is -0.983. The lowest BCUT2D eigenvalue weighted by atomic mass is 9.97. The van der Waals surface area contributed by atoms with E-state index in [0.717, 1.165) is 5.46 Å². The summed E-state index contributed by atoms with van der Waals surface area (Å²) in [6, 6.07) is 3.29. The SMILES string of the molecule is Bc1ccnc(C(=O)O)c1. The molecule has 0 saturated heterocycles. The van der Waals surface area contributed by atoms with Crippen molar-refractivity contribution in [3.63, 3.8) is 0 Å². The second-order valence-corrected chi connectivity index (χ2v) is 2.02. The van der Waals surface area contributed by atoms with Gasteiger partial charge in [0.05, 0.1) is 0 Å². The minimum Gasteiger partial charge on any atom is -0.477 e. The third-order valence-electron chi connectivity index (χ3n) is 1.13. The van der Waals surface area contributed by atoms with E-state index in [1.807, 2.05) is 7.85 Å². The van der Waals surface area contributed by atoms with E-state index in [-0.39, 0.29) is 5.69 Å². The van der Waals surface area contributed by atoms with Crippen LogP contribution in [0.2, 0.25) is 0 Å². The maximum atomic E-state index is 10.3. The predicted octanol–water partition coefficient (Wildman–Crippen LogP) is -0.962. The van der Waals surface area contributed by atoms with Crippen molar-refractivity contribution in [2.45, 2.75) is 0 Å². The number of carbonyl (C=O) groups is 1. The van der Waals surface area contributed by atoms with Crippen molar-refractivity contribution in [3.8, 4) is 0 Å². The first-order chi connectivity index (χ1) is 4.70. The Morgan fingerprint density at radius 3 is 2.80 bits per heavy atom. The van der Waals surface area contributed by atoms with Crippen LogP contribution in [0.5, 0.6) is 0 Å². The van der Waals surface area contributed by atoms with E-state index in [9.17, 15) is 4.79 Å². The van der Waals surface area contributed by atoms with Crippen molar-refractivity contribution in [1.29, 1.82) is 0 Å². The van der Waals surface area contributed by atoms with Crippen LogP contribution in [-0.2, 0) is 0 Å². The molecular weight excluding hydrogens is 129 g/mol. The van der Waals surface area contributed by atoms with E-state index in [1.165, 1.54) is 12.3 Å². The molecule has 0 saturated carbocycles. The molecule has 0 amide bonds. The minimum absolute atomic E-state index is 0.0972. The summed E-state index contributed by atoms with van der Waals surface area (Å²) >= 11 is 0. The van der Waals surface area contributed by atoms with Crippen LogP contribution in [0.3, 0.4) is 0 Å². The van der Waals surface area contributed by atoms with Crippen LogP contribution in [-0.4, -0.2) is 23.9 Å². The second-order valence-electron chi connectivity index (χ2n) is 2.02. The fourth-order valence-corrected chi connectivity index (χ4v) is 0.653. The van der Waals surface area contributed by atoms with Crippen molar-refractivity contribution < 1.29 is 9.90 Å². The highest BCUT2D eigenvalue weighted by molar-refractivity contribution is 6.32. The Kier molecular flexibility index (Phi) is 1.71. The van der Waals surface area contributed by atoms with Crippen LogP contribution in [0.1, 0.15) is 10.5 Å². The quantitative estimate of drug-likeness (QED) is 0.504. The number of rotatable bonds is 1. The fraction of sp³-hybridized carbons (Fsp3) is 0. The number of hydrogen-bond acceptors (Lipinski definition) is 2. The third-order valence-corrected chi connectivity index (χ3v) is 1.13. The Morgan fingerprint density at radius 2 is 2.40 bits per heavy atom. The van der Waals surface area contributed by atoms with Gasteiger partial charge in [0.25, 0.3) is 0 Å². The Bertz CT molecular complexity index is 262. The van der Waals surface area contributed by atoms with Crippen LogP contribution in [0.4, 0.5) is 0 Å². The molecule has 1 aromatic rings. The number of hydrogen-bond donors (Lipinski definition) is 1. The van der Waals surface area contributed by atoms with E-state index < -0.39 is 5.97 Å². The van der Waals surface area contributed by atoms with Gasteiger partial charge in [0.15, 0.2) is 0 Å². The zero-order chi connectivity index (χ0) is 7.56. The molecule has 0 unspecified atom stereocenters. The first kappa shape index (κ1) is 6.80. The standard InChI is InChI=1S/C6H6BNO2/c7-4-1-2-8-5(3-4)6(9)10/h1-3H,7H2,(H,9,10). The summed E-state index contributed by atoms with van der Waals surface area (Å²) in [4.78, 5) is 13.9. The molecule has 1 rings (SSSR count). The van der Waals surface area contributed by atoms with Crippen LogP contribution in [0.15, 0.2) is 18.3 Å². The summed E-state index contributed by atoms with van der Waals surface area (Å²) in [5, 5.41) is 8.45. The third kappa shape index (κ3) is 1.34. The number of carboxylic acid groups (broad SMARTS) is 1. The highest BCUT2D eigenvalue weighted by atomic mass is 16.4. The molecule has 0 aliphatic heterocycles. The normalized spacial score (nSPS) is 9.20. The van der Waals surface area contributed by atoms with Gasteiger partial charge in [-0.2, -0.15) is 0 Å². The lowest BCUT2D eigenvalue weighted by Crippen LogP contribution is -2.08. The van der Waals surface area contributed by atoms with Gasteiger partial charge in [-0.15, -0.1) is 0 Å². The first-order valence-electron chi connectivity index (χ1n) is 2.86. The van der Waals surface area contributed by atoms with E-state index in [2.05, 4.69) is 4.98 Å². The van der Waals surface area contributed by atoms with Gasteiger partial charge >= 0.3 is 5.97 Å². The molecule has 1 heterocycles. The molecule has 50 valence electrons. The maximum absolute atomic E-state index is 10.3. The molecule has 0 bridgehead atoms. The molecule has 0 aromatic carbocycles. The monoisotopic (exact) mass is 135 g/mol. The summed E-state index contributed by atoms with van der Waals surface area (Å²) in [6.07, 6.45) is 1.48. The average molecular weight is 135 g/mol. The molecule has 0 aliphatic rings. The topological polar surface area (TPSA) is 50.2 Å². The molecule has 1 aromatic heterocycles. The van der Waals surface area contributed by atoms with E-state index in [1.54, 1.807) is 6.07 Å². The number of carboxylic acids is 1. The van der Waals surface area contributed by atoms with E-state index >= 15 is 0 Å². The highest BCUT2D eigenvalue weighted by Gasteiger charge is 2.01. The van der Waals surface area contributed by atoms with Crippen molar-refractivity contribution in [2.75, 3.05) is 0 Å². The van der Waals surface area contributed by atoms with Crippen molar-refractivity contribution in [2.24, 2.45) is 0 Å². The van der Waals surface area contributed by atoms with Gasteiger partial charge in [-0.1, -0.05) is 11.5 Å². The van der Waals surface area contributed by atoms with Gasteiger partial charge in [0, 0.05) is 6.20 Å². The Morgan fingerprint density at radius 1 is 1.70 bits per heavy atom. The Balaban J connectivity index is 3.07. The number of pyridine rings is 1. The van der Waals surface area contributed by atoms with Crippen LogP contribution >= 0.6 is 0 Å². The van der Waals surface area contributed by atoms with Gasteiger partial charge in [0.2, 0.25) is 0 Å². The summed E-state index contributed by atoms with van der Waals surface area (Å²) in [5.41, 5.74) is 1.01. The maximum Gasteiger partial charge on any atom is 0.354 e. The highest BCUT2D eigenvalue weighted by Crippen LogP contribution is 1.88. The molecule has 0 spiro atoms. The molecule has 10 heavy (non-hydrogen) atoms. The summed E-state index contributed by atoms with van der Waals surface area (Å²) < 4.78 is 0. The molecule has 1 N–H and O–H groups in total. The van der Waals surface area contributed by atoms with Gasteiger partial charge < -0.3 is 5.11 Å². The van der Waals surface area contributed by atoms with Crippen LogP contribution < -0.4 is 5.46 Å². The van der Waals surface area contributed by atoms with Gasteiger partial charge in [-0.05, 0) is 6.07 Å². The van der Waals surface area contributed by atoms with Crippen molar-refractivity contribution in [3.05, 3.63) is 24.0 Å². The number of aromatic carboxylic acids is 1. The van der Waals surface area contributed by atoms with Crippen molar-refractivity contribution in [1.82, 2.24) is 4.98 Å². The largest absolute Gasteiger partial charge is 0.477 e. The summed E-state index contributed by atoms with van der Waals surface area (Å²) in [7, 11) is 1.83. The smallest absolute Gasteiger partial charge is 0.354 e. The molecule has 4 heteroatoms. The average Bonchev–Trinajstić information content (AvgIpc) is 1.88. The zero-order valence-electron chi connectivity index (χ0n) is 5.53. The molecular formula is C6H6BNO2. The molecule has 0 radical (unpaired) electrons. The molecule has 0 atom stereocenters. The predicted molar refractivity (Wildman–Crippen MR) is 39.4 cm³/mol. The first-order valence-corrected chi connectivity index (χ1v) is 2.86. The number of nitrogens with zero attached hydrogens (tertiary/aromatic N) is 1. The van der Waals surface area contributed by atoms with Gasteiger partial charge in [-0.25, -0.2) is 9.78 Å². The fourth-order valence-electron chi connectivity index (χ4n) is 0.653. The van der Waals surface area contributed by atoms with Gasteiger partial charge in [0.1, 0.15) is 13.5 Å². The van der Waals surface area contributed by atoms with Crippen LogP contribution in [0, 0.1) is 0 Å².